The van der Waals surface area contributed by atoms with Crippen molar-refractivity contribution in [2.24, 2.45) is 0 Å². The minimum Gasteiger partial charge on any atom is -0.353 e. The number of aromatic nitrogens is 2. The van der Waals surface area contributed by atoms with Gasteiger partial charge in [0.15, 0.2) is 0 Å². The fraction of sp³-hybridized carbons (Fsp3) is 0.500. The molecular weight excluding hydrogens is 350 g/mol. The molecule has 1 fully saturated rings. The molecule has 1 aliphatic heterocycles. The molecule has 28 heavy (non-hydrogen) atoms. The zero-order valence-corrected chi connectivity index (χ0v) is 17.7. The number of pyridine rings is 2. The van der Waals surface area contributed by atoms with Crippen LogP contribution >= 0.6 is 0 Å². The van der Waals surface area contributed by atoms with Crippen LogP contribution in [0.15, 0.2) is 24.5 Å². The third-order valence-electron chi connectivity index (χ3n) is 5.23. The molecule has 0 saturated carbocycles. The number of rotatable bonds is 5. The van der Waals surface area contributed by atoms with E-state index in [9.17, 15) is 4.79 Å². The molecule has 0 spiro atoms. The lowest BCUT2D eigenvalue weighted by Gasteiger charge is -2.36. The van der Waals surface area contributed by atoms with E-state index >= 15 is 0 Å². The summed E-state index contributed by atoms with van der Waals surface area (Å²) in [7, 11) is 3.85. The van der Waals surface area contributed by atoms with Gasteiger partial charge in [-0.05, 0) is 57.1 Å². The summed E-state index contributed by atoms with van der Waals surface area (Å²) in [5.74, 6) is 1.16. The standard InChI is InChI=1S/C22H31N5O/c1-6-18-14-23-20(12-19(18)22-17(3)11-16(2)13-24-22)26-7-9-27(10-8-26)21(28)15-25(4)5/h11-14H,6-10,15H2,1-5H3. The topological polar surface area (TPSA) is 52.6 Å². The van der Waals surface area contributed by atoms with Gasteiger partial charge in [-0.3, -0.25) is 9.78 Å². The zero-order valence-electron chi connectivity index (χ0n) is 17.7. The molecule has 2 aromatic heterocycles. The van der Waals surface area contributed by atoms with Gasteiger partial charge in [0.1, 0.15) is 5.82 Å². The highest BCUT2D eigenvalue weighted by Crippen LogP contribution is 2.29. The Balaban J connectivity index is 1.80. The molecule has 0 atom stereocenters. The Kier molecular flexibility index (Phi) is 6.29. The van der Waals surface area contributed by atoms with Crippen LogP contribution in [0, 0.1) is 13.8 Å². The molecule has 0 aromatic carbocycles. The Hall–Kier alpha value is -2.47. The monoisotopic (exact) mass is 381 g/mol. The number of nitrogens with zero attached hydrogens (tertiary/aromatic N) is 5. The maximum atomic E-state index is 12.3. The van der Waals surface area contributed by atoms with Gasteiger partial charge < -0.3 is 14.7 Å². The first kappa shape index (κ1) is 20.3. The molecule has 0 N–H and O–H groups in total. The molecule has 150 valence electrons. The number of piperazine rings is 1. The number of aryl methyl sites for hydroxylation is 3. The molecule has 1 aliphatic rings. The summed E-state index contributed by atoms with van der Waals surface area (Å²) in [4.78, 5) is 27.8. The quantitative estimate of drug-likeness (QED) is 0.797. The molecule has 0 radical (unpaired) electrons. The summed E-state index contributed by atoms with van der Waals surface area (Å²) < 4.78 is 0. The van der Waals surface area contributed by atoms with Crippen molar-refractivity contribution in [3.8, 4) is 11.3 Å². The van der Waals surface area contributed by atoms with Gasteiger partial charge in [0.25, 0.3) is 0 Å². The Morgan fingerprint density at radius 1 is 1.07 bits per heavy atom. The average Bonchev–Trinajstić information content (AvgIpc) is 2.67. The Labute approximate surface area is 168 Å². The lowest BCUT2D eigenvalue weighted by Crippen LogP contribution is -2.51. The van der Waals surface area contributed by atoms with E-state index in [0.717, 1.165) is 49.7 Å². The lowest BCUT2D eigenvalue weighted by molar-refractivity contribution is -0.132. The van der Waals surface area contributed by atoms with Crippen LogP contribution in [0.5, 0.6) is 0 Å². The van der Waals surface area contributed by atoms with E-state index in [1.54, 1.807) is 0 Å². The molecule has 0 unspecified atom stereocenters. The van der Waals surface area contributed by atoms with E-state index in [0.29, 0.717) is 6.54 Å². The third-order valence-corrected chi connectivity index (χ3v) is 5.23. The number of hydrogen-bond donors (Lipinski definition) is 0. The van der Waals surface area contributed by atoms with Gasteiger partial charge in [-0.25, -0.2) is 4.98 Å². The van der Waals surface area contributed by atoms with Crippen molar-refractivity contribution in [1.29, 1.82) is 0 Å². The molecule has 3 rings (SSSR count). The first-order valence-electron chi connectivity index (χ1n) is 9.99. The molecule has 1 amide bonds. The fourth-order valence-electron chi connectivity index (χ4n) is 3.70. The van der Waals surface area contributed by atoms with Crippen LogP contribution in [0.2, 0.25) is 0 Å². The first-order chi connectivity index (χ1) is 13.4. The third kappa shape index (κ3) is 4.50. The minimum absolute atomic E-state index is 0.194. The van der Waals surface area contributed by atoms with E-state index in [-0.39, 0.29) is 5.91 Å². The van der Waals surface area contributed by atoms with Crippen molar-refractivity contribution in [3.05, 3.63) is 41.2 Å². The number of carbonyl (C=O) groups is 1. The van der Waals surface area contributed by atoms with Crippen LogP contribution in [0.25, 0.3) is 11.3 Å². The molecular formula is C22H31N5O. The molecule has 2 aromatic rings. The summed E-state index contributed by atoms with van der Waals surface area (Å²) in [5.41, 5.74) is 5.77. The predicted molar refractivity (Wildman–Crippen MR) is 114 cm³/mol. The van der Waals surface area contributed by atoms with Crippen LogP contribution in [-0.4, -0.2) is 72.5 Å². The van der Waals surface area contributed by atoms with Crippen LogP contribution in [0.4, 0.5) is 5.82 Å². The van der Waals surface area contributed by atoms with E-state index in [1.165, 1.54) is 16.7 Å². The number of carbonyl (C=O) groups excluding carboxylic acids is 1. The summed E-state index contributed by atoms with van der Waals surface area (Å²) in [6.45, 7) is 9.88. The van der Waals surface area contributed by atoms with Crippen molar-refractivity contribution in [3.63, 3.8) is 0 Å². The highest BCUT2D eigenvalue weighted by Gasteiger charge is 2.23. The normalized spacial score (nSPS) is 14.6. The zero-order chi connectivity index (χ0) is 20.3. The number of hydrogen-bond acceptors (Lipinski definition) is 5. The Morgan fingerprint density at radius 3 is 2.39 bits per heavy atom. The average molecular weight is 382 g/mol. The summed E-state index contributed by atoms with van der Waals surface area (Å²) in [5, 5.41) is 0. The second-order valence-corrected chi connectivity index (χ2v) is 7.84. The smallest absolute Gasteiger partial charge is 0.236 e. The van der Waals surface area contributed by atoms with Gasteiger partial charge in [-0.15, -0.1) is 0 Å². The summed E-state index contributed by atoms with van der Waals surface area (Å²) in [6, 6.07) is 4.35. The highest BCUT2D eigenvalue weighted by atomic mass is 16.2. The van der Waals surface area contributed by atoms with Gasteiger partial charge in [-0.1, -0.05) is 13.0 Å². The minimum atomic E-state index is 0.194. The Morgan fingerprint density at radius 2 is 1.79 bits per heavy atom. The van der Waals surface area contributed by atoms with Crippen LogP contribution in [0.3, 0.4) is 0 Å². The van der Waals surface area contributed by atoms with E-state index in [4.69, 9.17) is 9.97 Å². The van der Waals surface area contributed by atoms with Crippen molar-refractivity contribution in [2.45, 2.75) is 27.2 Å². The second-order valence-electron chi connectivity index (χ2n) is 7.84. The molecule has 0 aliphatic carbocycles. The molecule has 3 heterocycles. The second kappa shape index (κ2) is 8.69. The van der Waals surface area contributed by atoms with Gasteiger partial charge >= 0.3 is 0 Å². The van der Waals surface area contributed by atoms with E-state index in [2.05, 4.69) is 37.8 Å². The lowest BCUT2D eigenvalue weighted by atomic mass is 10.00. The molecule has 6 heteroatoms. The number of amides is 1. The van der Waals surface area contributed by atoms with Gasteiger partial charge in [-0.2, -0.15) is 0 Å². The van der Waals surface area contributed by atoms with Gasteiger partial charge in [0, 0.05) is 44.1 Å². The summed E-state index contributed by atoms with van der Waals surface area (Å²) >= 11 is 0. The van der Waals surface area contributed by atoms with E-state index < -0.39 is 0 Å². The molecule has 0 bridgehead atoms. The maximum Gasteiger partial charge on any atom is 0.236 e. The number of likely N-dealkylation sites (N-methyl/N-ethyl adjacent to an activating group) is 1. The predicted octanol–water partition coefficient (Wildman–Crippen LogP) is 2.53. The van der Waals surface area contributed by atoms with Crippen LogP contribution < -0.4 is 4.90 Å². The SMILES string of the molecule is CCc1cnc(N2CCN(C(=O)CN(C)C)CC2)cc1-c1ncc(C)cc1C. The van der Waals surface area contributed by atoms with Crippen molar-refractivity contribution < 1.29 is 4.79 Å². The number of anilines is 1. The molecule has 1 saturated heterocycles. The first-order valence-corrected chi connectivity index (χ1v) is 9.99. The van der Waals surface area contributed by atoms with Crippen molar-refractivity contribution in [2.75, 3.05) is 51.7 Å². The van der Waals surface area contributed by atoms with Crippen LogP contribution in [-0.2, 0) is 11.2 Å². The summed E-state index contributed by atoms with van der Waals surface area (Å²) in [6.07, 6.45) is 4.83. The van der Waals surface area contributed by atoms with Crippen LogP contribution in [0.1, 0.15) is 23.6 Å². The Bertz CT molecular complexity index is 841. The maximum absolute atomic E-state index is 12.3. The highest BCUT2D eigenvalue weighted by molar-refractivity contribution is 5.78. The van der Waals surface area contributed by atoms with E-state index in [1.807, 2.05) is 36.3 Å². The fourth-order valence-corrected chi connectivity index (χ4v) is 3.70. The van der Waals surface area contributed by atoms with Crippen molar-refractivity contribution in [1.82, 2.24) is 19.8 Å². The molecule has 6 nitrogen and oxygen atoms in total. The largest absolute Gasteiger partial charge is 0.353 e. The van der Waals surface area contributed by atoms with Gasteiger partial charge in [0.05, 0.1) is 12.2 Å². The van der Waals surface area contributed by atoms with Crippen molar-refractivity contribution >= 4 is 11.7 Å². The van der Waals surface area contributed by atoms with Gasteiger partial charge in [0.2, 0.25) is 5.91 Å².